The number of thioether (sulfide) groups is 1. The van der Waals surface area contributed by atoms with Crippen molar-refractivity contribution < 1.29 is 41.6 Å². The van der Waals surface area contributed by atoms with Crippen LogP contribution in [0.1, 0.15) is 37.9 Å². The Hall–Kier alpha value is -4.04. The number of nitrogens with one attached hydrogen (secondary N) is 2. The number of carboxylic acid groups (broad SMARTS) is 1. The van der Waals surface area contributed by atoms with Gasteiger partial charge in [0, 0.05) is 0 Å². The summed E-state index contributed by atoms with van der Waals surface area (Å²) in [6, 6.07) is 11.8. The zero-order valence-electron chi connectivity index (χ0n) is 22.6. The molecule has 12 nitrogen and oxygen atoms in total. The standard InChI is InChI=1S/C27H29N3O9S2/c1-15-10-12-17(13-11-15)41(36,37)39-18-14-40-24-20(23(32)30(24)21(18)25(33)34)28-22(31)19(16-8-6-5-7-9-16)29-26(35)38-27(2,3)4/h5-13,19-20,24H,14H2,1-4H3,(H,28,31)(H,29,35)(H,33,34)/t19?,20?,24-/m0/s1. The number of hydrogen-bond acceptors (Lipinski definition) is 9. The molecule has 0 radical (unpaired) electrons. The number of rotatable bonds is 8. The molecule has 2 aliphatic rings. The van der Waals surface area contributed by atoms with Gasteiger partial charge in [-0.25, -0.2) is 9.59 Å². The Morgan fingerprint density at radius 1 is 1.07 bits per heavy atom. The molecule has 41 heavy (non-hydrogen) atoms. The summed E-state index contributed by atoms with van der Waals surface area (Å²) in [5.41, 5.74) is -0.192. The van der Waals surface area contributed by atoms with Gasteiger partial charge in [-0.05, 0) is 45.4 Å². The highest BCUT2D eigenvalue weighted by Gasteiger charge is 2.55. The summed E-state index contributed by atoms with van der Waals surface area (Å²) in [4.78, 5) is 51.8. The number of ether oxygens (including phenoxy) is 1. The Morgan fingerprint density at radius 2 is 1.71 bits per heavy atom. The molecule has 1 fully saturated rings. The monoisotopic (exact) mass is 603 g/mol. The van der Waals surface area contributed by atoms with Crippen LogP contribution < -0.4 is 10.6 Å². The normalized spacial score (nSPS) is 19.4. The first-order chi connectivity index (χ1) is 19.2. The third-order valence-electron chi connectivity index (χ3n) is 6.01. The first-order valence-electron chi connectivity index (χ1n) is 12.4. The van der Waals surface area contributed by atoms with E-state index in [1.54, 1.807) is 70.2 Å². The molecular formula is C27H29N3O9S2. The van der Waals surface area contributed by atoms with Crippen LogP contribution in [0.5, 0.6) is 0 Å². The number of β-lactam (4-membered cyclic amide) rings is 1. The van der Waals surface area contributed by atoms with E-state index < -0.39 is 68.5 Å². The lowest BCUT2D eigenvalue weighted by Crippen LogP contribution is -2.71. The number of carbonyl (C=O) groups is 4. The smallest absolute Gasteiger partial charge is 0.408 e. The van der Waals surface area contributed by atoms with E-state index in [4.69, 9.17) is 8.92 Å². The lowest BCUT2D eigenvalue weighted by Gasteiger charge is -2.49. The summed E-state index contributed by atoms with van der Waals surface area (Å²) < 4.78 is 36.1. The fourth-order valence-electron chi connectivity index (χ4n) is 4.15. The predicted molar refractivity (Wildman–Crippen MR) is 148 cm³/mol. The molecule has 2 heterocycles. The maximum Gasteiger partial charge on any atom is 0.408 e. The topological polar surface area (TPSA) is 168 Å². The van der Waals surface area contributed by atoms with Crippen molar-refractivity contribution in [3.63, 3.8) is 0 Å². The number of carbonyl (C=O) groups excluding carboxylic acids is 3. The average Bonchev–Trinajstić information content (AvgIpc) is 2.89. The van der Waals surface area contributed by atoms with Gasteiger partial charge in [-0.3, -0.25) is 14.5 Å². The molecule has 3 amide bonds. The maximum atomic E-state index is 13.3. The number of fused-ring (bicyclic) bond motifs is 1. The van der Waals surface area contributed by atoms with Crippen molar-refractivity contribution in [2.24, 2.45) is 0 Å². The molecule has 2 aromatic rings. The van der Waals surface area contributed by atoms with E-state index in [-0.39, 0.29) is 10.6 Å². The number of nitrogens with zero attached hydrogens (tertiary/aromatic N) is 1. The molecule has 2 aliphatic heterocycles. The second-order valence-corrected chi connectivity index (χ2v) is 13.0. The van der Waals surface area contributed by atoms with Gasteiger partial charge in [0.15, 0.2) is 11.5 Å². The summed E-state index contributed by atoms with van der Waals surface area (Å²) in [5, 5.41) is 14.1. The molecule has 2 unspecified atom stereocenters. The zero-order valence-corrected chi connectivity index (χ0v) is 24.2. The Bertz CT molecular complexity index is 1500. The van der Waals surface area contributed by atoms with Crippen molar-refractivity contribution in [2.75, 3.05) is 5.75 Å². The zero-order chi connectivity index (χ0) is 30.1. The number of hydrogen-bond donors (Lipinski definition) is 3. The van der Waals surface area contributed by atoms with Crippen LogP contribution in [-0.2, 0) is 33.4 Å². The van der Waals surface area contributed by atoms with E-state index in [0.29, 0.717) is 5.56 Å². The molecule has 0 aliphatic carbocycles. The van der Waals surface area contributed by atoms with Gasteiger partial charge in [0.25, 0.3) is 5.91 Å². The predicted octanol–water partition coefficient (Wildman–Crippen LogP) is 2.66. The van der Waals surface area contributed by atoms with Gasteiger partial charge in [0.2, 0.25) is 5.91 Å². The molecule has 4 rings (SSSR count). The molecule has 0 bridgehead atoms. The van der Waals surface area contributed by atoms with Crippen molar-refractivity contribution >= 4 is 45.8 Å². The Morgan fingerprint density at radius 3 is 2.29 bits per heavy atom. The summed E-state index contributed by atoms with van der Waals surface area (Å²) in [6.07, 6.45) is -0.845. The molecule has 3 atom stereocenters. The van der Waals surface area contributed by atoms with Crippen LogP contribution in [0.2, 0.25) is 0 Å². The SMILES string of the molecule is Cc1ccc(S(=O)(=O)OC2=C(C(=O)O)N3C(=O)C(NC(=O)C(NC(=O)OC(C)(C)C)c4ccccc4)[C@@H]3SC2)cc1. The van der Waals surface area contributed by atoms with Crippen LogP contribution in [0.3, 0.4) is 0 Å². The van der Waals surface area contributed by atoms with Gasteiger partial charge in [0.05, 0.1) is 5.75 Å². The number of alkyl carbamates (subject to hydrolysis) is 1. The fourth-order valence-corrected chi connectivity index (χ4v) is 6.44. The number of carboxylic acids is 1. The van der Waals surface area contributed by atoms with Crippen LogP contribution >= 0.6 is 11.8 Å². The van der Waals surface area contributed by atoms with Gasteiger partial charge < -0.3 is 24.7 Å². The van der Waals surface area contributed by atoms with Crippen molar-refractivity contribution in [1.29, 1.82) is 0 Å². The molecular weight excluding hydrogens is 574 g/mol. The van der Waals surface area contributed by atoms with Crippen LogP contribution in [0, 0.1) is 6.92 Å². The van der Waals surface area contributed by atoms with Gasteiger partial charge >= 0.3 is 22.2 Å². The molecule has 1 saturated heterocycles. The summed E-state index contributed by atoms with van der Waals surface area (Å²) in [5.74, 6) is -3.65. The average molecular weight is 604 g/mol. The highest BCUT2D eigenvalue weighted by atomic mass is 32.2. The highest BCUT2D eigenvalue weighted by molar-refractivity contribution is 8.00. The molecule has 0 saturated carbocycles. The van der Waals surface area contributed by atoms with E-state index in [1.165, 1.54) is 12.1 Å². The number of amides is 3. The second kappa shape index (κ2) is 11.4. The largest absolute Gasteiger partial charge is 0.476 e. The van der Waals surface area contributed by atoms with E-state index in [9.17, 15) is 32.7 Å². The van der Waals surface area contributed by atoms with Crippen LogP contribution in [-0.4, -0.2) is 65.1 Å². The lowest BCUT2D eigenvalue weighted by atomic mass is 10.0. The highest BCUT2D eigenvalue weighted by Crippen LogP contribution is 2.41. The molecule has 218 valence electrons. The minimum Gasteiger partial charge on any atom is -0.476 e. The van der Waals surface area contributed by atoms with Crippen LogP contribution in [0.15, 0.2) is 70.9 Å². The maximum absolute atomic E-state index is 13.3. The molecule has 0 spiro atoms. The van der Waals surface area contributed by atoms with E-state index in [1.807, 2.05) is 0 Å². The minimum atomic E-state index is -4.37. The molecule has 3 N–H and O–H groups in total. The van der Waals surface area contributed by atoms with Crippen molar-refractivity contribution in [3.05, 3.63) is 77.2 Å². The van der Waals surface area contributed by atoms with Gasteiger partial charge in [-0.1, -0.05) is 48.0 Å². The first-order valence-corrected chi connectivity index (χ1v) is 14.9. The third-order valence-corrected chi connectivity index (χ3v) is 8.53. The Labute approximate surface area is 241 Å². The first kappa shape index (κ1) is 29.9. The van der Waals surface area contributed by atoms with Crippen LogP contribution in [0.4, 0.5) is 4.79 Å². The van der Waals surface area contributed by atoms with Gasteiger partial charge in [0.1, 0.15) is 28.0 Å². The van der Waals surface area contributed by atoms with E-state index >= 15 is 0 Å². The lowest BCUT2D eigenvalue weighted by molar-refractivity contribution is -0.151. The Kier molecular flexibility index (Phi) is 8.36. The van der Waals surface area contributed by atoms with Crippen molar-refractivity contribution in [2.45, 2.75) is 55.6 Å². The summed E-state index contributed by atoms with van der Waals surface area (Å²) >= 11 is 1.03. The minimum absolute atomic E-state index is 0.169. The number of aliphatic carboxylic acids is 1. The molecule has 0 aromatic heterocycles. The summed E-state index contributed by atoms with van der Waals surface area (Å²) in [6.45, 7) is 6.79. The molecule has 2 aromatic carbocycles. The number of benzene rings is 2. The van der Waals surface area contributed by atoms with E-state index in [2.05, 4.69) is 10.6 Å². The number of aryl methyl sites for hydroxylation is 1. The van der Waals surface area contributed by atoms with E-state index in [0.717, 1.165) is 22.2 Å². The quantitative estimate of drug-likeness (QED) is 0.301. The fraction of sp³-hybridized carbons (Fsp3) is 0.333. The van der Waals surface area contributed by atoms with Crippen LogP contribution in [0.25, 0.3) is 0 Å². The van der Waals surface area contributed by atoms with Crippen molar-refractivity contribution in [3.8, 4) is 0 Å². The third kappa shape index (κ3) is 6.65. The summed E-state index contributed by atoms with van der Waals surface area (Å²) in [7, 11) is -4.37. The van der Waals surface area contributed by atoms with Gasteiger partial charge in [-0.15, -0.1) is 11.8 Å². The second-order valence-electron chi connectivity index (χ2n) is 10.3. The van der Waals surface area contributed by atoms with Gasteiger partial charge in [-0.2, -0.15) is 8.42 Å². The molecule has 14 heteroatoms. The Balaban J connectivity index is 1.53. The van der Waals surface area contributed by atoms with Crippen molar-refractivity contribution in [1.82, 2.24) is 15.5 Å².